The molecule has 3 aromatic carbocycles. The van der Waals surface area contributed by atoms with E-state index in [4.69, 9.17) is 0 Å². The van der Waals surface area contributed by atoms with E-state index in [0.29, 0.717) is 0 Å². The zero-order valence-corrected chi connectivity index (χ0v) is 16.8. The predicted octanol–water partition coefficient (Wildman–Crippen LogP) is 8.46. The van der Waals surface area contributed by atoms with Gasteiger partial charge in [0.25, 0.3) is 0 Å². The molecule has 0 fully saturated rings. The third-order valence-corrected chi connectivity index (χ3v) is 7.08. The average molecular weight is 395 g/mol. The van der Waals surface area contributed by atoms with E-state index in [2.05, 4.69) is 97.1 Å². The fraction of sp³-hybridized carbons (Fsp3) is 0. The van der Waals surface area contributed by atoms with E-state index in [0.717, 1.165) is 0 Å². The highest BCUT2D eigenvalue weighted by Crippen LogP contribution is 2.38. The lowest BCUT2D eigenvalue weighted by atomic mass is 10.2. The van der Waals surface area contributed by atoms with E-state index in [1.165, 1.54) is 41.1 Å². The molecule has 5 aromatic rings. The van der Waals surface area contributed by atoms with E-state index < -0.39 is 0 Å². The molecule has 0 radical (unpaired) electrons. The molecule has 28 heavy (non-hydrogen) atoms. The van der Waals surface area contributed by atoms with Crippen LogP contribution in [0, 0.1) is 0 Å². The second-order valence-corrected chi connectivity index (χ2v) is 8.86. The Kier molecular flexibility index (Phi) is 4.66. The van der Waals surface area contributed by atoms with Gasteiger partial charge in [-0.3, -0.25) is 0 Å². The SMILES string of the molecule is C(=C\c1cc2ccc3cc(/C=C/c4ccccc4)sc3c2s1)/c1ccccc1. The minimum Gasteiger partial charge on any atom is -0.134 e. The molecule has 134 valence electrons. The van der Waals surface area contributed by atoms with Crippen molar-refractivity contribution in [1.29, 1.82) is 0 Å². The van der Waals surface area contributed by atoms with Gasteiger partial charge in [0.2, 0.25) is 0 Å². The zero-order chi connectivity index (χ0) is 18.8. The first-order valence-electron chi connectivity index (χ1n) is 9.27. The highest BCUT2D eigenvalue weighted by molar-refractivity contribution is 7.28. The van der Waals surface area contributed by atoms with Crippen LogP contribution >= 0.6 is 22.7 Å². The van der Waals surface area contributed by atoms with Crippen molar-refractivity contribution >= 4 is 67.1 Å². The largest absolute Gasteiger partial charge is 0.134 e. The Hall–Kier alpha value is -2.94. The van der Waals surface area contributed by atoms with Gasteiger partial charge in [-0.25, -0.2) is 0 Å². The molecule has 0 aliphatic heterocycles. The highest BCUT2D eigenvalue weighted by atomic mass is 32.1. The van der Waals surface area contributed by atoms with E-state index in [-0.39, 0.29) is 0 Å². The van der Waals surface area contributed by atoms with Crippen molar-refractivity contribution in [2.45, 2.75) is 0 Å². The summed E-state index contributed by atoms with van der Waals surface area (Å²) < 4.78 is 2.77. The minimum atomic E-state index is 1.23. The van der Waals surface area contributed by atoms with E-state index in [9.17, 15) is 0 Å². The molecule has 0 spiro atoms. The number of thiophene rings is 2. The molecule has 0 aliphatic rings. The lowest BCUT2D eigenvalue weighted by molar-refractivity contribution is 1.67. The summed E-state index contributed by atoms with van der Waals surface area (Å²) in [6.07, 6.45) is 8.81. The van der Waals surface area contributed by atoms with Gasteiger partial charge in [0.05, 0.1) is 9.40 Å². The molecule has 0 unspecified atom stereocenters. The number of hydrogen-bond acceptors (Lipinski definition) is 2. The van der Waals surface area contributed by atoms with Crippen LogP contribution in [-0.4, -0.2) is 0 Å². The average Bonchev–Trinajstić information content (AvgIpc) is 3.35. The molecular weight excluding hydrogens is 376 g/mol. The summed E-state index contributed by atoms with van der Waals surface area (Å²) in [4.78, 5) is 2.59. The maximum Gasteiger partial charge on any atom is 0.0527 e. The predicted molar refractivity (Wildman–Crippen MR) is 128 cm³/mol. The van der Waals surface area contributed by atoms with Crippen molar-refractivity contribution in [1.82, 2.24) is 0 Å². The van der Waals surface area contributed by atoms with Crippen molar-refractivity contribution < 1.29 is 0 Å². The van der Waals surface area contributed by atoms with Gasteiger partial charge in [-0.05, 0) is 46.2 Å². The maximum atomic E-state index is 2.29. The number of benzene rings is 3. The van der Waals surface area contributed by atoms with Gasteiger partial charge >= 0.3 is 0 Å². The Morgan fingerprint density at radius 2 is 0.893 bits per heavy atom. The van der Waals surface area contributed by atoms with Crippen LogP contribution in [0.5, 0.6) is 0 Å². The second kappa shape index (κ2) is 7.59. The van der Waals surface area contributed by atoms with Gasteiger partial charge in [0.1, 0.15) is 0 Å². The number of rotatable bonds is 4. The van der Waals surface area contributed by atoms with Gasteiger partial charge in [0, 0.05) is 9.75 Å². The third-order valence-electron chi connectivity index (χ3n) is 4.69. The van der Waals surface area contributed by atoms with Gasteiger partial charge in [-0.15, -0.1) is 22.7 Å². The second-order valence-electron chi connectivity index (χ2n) is 6.69. The molecule has 0 bridgehead atoms. The summed E-state index contributed by atoms with van der Waals surface area (Å²) in [6, 6.07) is 30.0. The van der Waals surface area contributed by atoms with Crippen LogP contribution in [0.1, 0.15) is 20.9 Å². The van der Waals surface area contributed by atoms with E-state index in [1.54, 1.807) is 0 Å². The van der Waals surface area contributed by atoms with Gasteiger partial charge in [-0.2, -0.15) is 0 Å². The molecule has 0 nitrogen and oxygen atoms in total. The Bertz CT molecular complexity index is 1180. The highest BCUT2D eigenvalue weighted by Gasteiger charge is 2.08. The molecule has 2 heterocycles. The Morgan fingerprint density at radius 1 is 0.464 bits per heavy atom. The fourth-order valence-electron chi connectivity index (χ4n) is 3.28. The first kappa shape index (κ1) is 17.2. The Labute approximate surface area is 172 Å². The topological polar surface area (TPSA) is 0 Å². The Balaban J connectivity index is 1.49. The van der Waals surface area contributed by atoms with Crippen LogP contribution in [0.15, 0.2) is 84.9 Å². The van der Waals surface area contributed by atoms with Crippen LogP contribution in [0.2, 0.25) is 0 Å². The number of fused-ring (bicyclic) bond motifs is 3. The zero-order valence-electron chi connectivity index (χ0n) is 15.2. The molecule has 0 aliphatic carbocycles. The summed E-state index contributed by atoms with van der Waals surface area (Å²) in [5.74, 6) is 0. The van der Waals surface area contributed by atoms with Gasteiger partial charge < -0.3 is 0 Å². The molecule has 2 heteroatoms. The van der Waals surface area contributed by atoms with Crippen molar-refractivity contribution in [3.63, 3.8) is 0 Å². The van der Waals surface area contributed by atoms with Crippen LogP contribution in [0.25, 0.3) is 44.5 Å². The van der Waals surface area contributed by atoms with E-state index >= 15 is 0 Å². The van der Waals surface area contributed by atoms with Crippen molar-refractivity contribution in [3.05, 3.63) is 106 Å². The minimum absolute atomic E-state index is 1.23. The molecule has 0 amide bonds. The summed E-state index contributed by atoms with van der Waals surface area (Å²) in [5.41, 5.74) is 2.46. The maximum absolute atomic E-state index is 2.29. The normalized spacial score (nSPS) is 12.0. The van der Waals surface area contributed by atoms with Crippen molar-refractivity contribution in [3.8, 4) is 0 Å². The first-order valence-corrected chi connectivity index (χ1v) is 10.9. The van der Waals surface area contributed by atoms with Gasteiger partial charge in [0.15, 0.2) is 0 Å². The summed E-state index contributed by atoms with van der Waals surface area (Å²) in [6.45, 7) is 0. The fourth-order valence-corrected chi connectivity index (χ4v) is 5.56. The van der Waals surface area contributed by atoms with Crippen LogP contribution in [0.4, 0.5) is 0 Å². The molecule has 0 atom stereocenters. The van der Waals surface area contributed by atoms with Gasteiger partial charge in [-0.1, -0.05) is 84.9 Å². The Morgan fingerprint density at radius 3 is 1.32 bits per heavy atom. The molecule has 0 N–H and O–H groups in total. The van der Waals surface area contributed by atoms with Crippen molar-refractivity contribution in [2.75, 3.05) is 0 Å². The summed E-state index contributed by atoms with van der Waals surface area (Å²) in [5, 5.41) is 2.65. The number of hydrogen-bond donors (Lipinski definition) is 0. The summed E-state index contributed by atoms with van der Waals surface area (Å²) in [7, 11) is 0. The van der Waals surface area contributed by atoms with E-state index in [1.807, 2.05) is 34.8 Å². The lowest BCUT2D eigenvalue weighted by Gasteiger charge is -1.90. The monoisotopic (exact) mass is 394 g/mol. The molecule has 5 rings (SSSR count). The summed E-state index contributed by atoms with van der Waals surface area (Å²) >= 11 is 3.75. The van der Waals surface area contributed by atoms with Crippen molar-refractivity contribution in [2.24, 2.45) is 0 Å². The van der Waals surface area contributed by atoms with Crippen LogP contribution in [0.3, 0.4) is 0 Å². The standard InChI is InChI=1S/C26H18S2/c1-3-7-19(8-4-1)11-15-23-17-21-13-14-22-18-24(28-26(22)25(21)27-23)16-12-20-9-5-2-6-10-20/h1-18H/b15-11+,16-12+. The molecule has 0 saturated heterocycles. The molecule has 2 aromatic heterocycles. The molecule has 0 saturated carbocycles. The first-order chi connectivity index (χ1) is 13.8. The smallest absolute Gasteiger partial charge is 0.0527 e. The van der Waals surface area contributed by atoms with Crippen LogP contribution in [-0.2, 0) is 0 Å². The third kappa shape index (κ3) is 3.57. The molecular formula is C26H18S2. The lowest BCUT2D eigenvalue weighted by Crippen LogP contribution is -1.67. The quantitative estimate of drug-likeness (QED) is 0.287. The van der Waals surface area contributed by atoms with Crippen LogP contribution < -0.4 is 0 Å².